The van der Waals surface area contributed by atoms with Crippen molar-refractivity contribution in [2.75, 3.05) is 13.1 Å². The molecule has 172 valence electrons. The van der Waals surface area contributed by atoms with Crippen LogP contribution in [-0.4, -0.2) is 29.6 Å². The van der Waals surface area contributed by atoms with E-state index in [1.807, 2.05) is 0 Å². The van der Waals surface area contributed by atoms with E-state index in [2.05, 4.69) is 16.7 Å². The number of nitrogens with one attached hydrogen (secondary N) is 2. The van der Waals surface area contributed by atoms with Crippen molar-refractivity contribution >= 4 is 17.0 Å². The second-order valence-corrected chi connectivity index (χ2v) is 8.56. The minimum Gasteiger partial charge on any atom is -0.408 e. The maximum absolute atomic E-state index is 14.9. The number of nitrogens with zero attached hydrogens (tertiary/aromatic N) is 2. The second-order valence-electron chi connectivity index (χ2n) is 8.56. The fraction of sp³-hybridized carbons (Fsp3) is 0.400. The molecule has 33 heavy (non-hydrogen) atoms. The summed E-state index contributed by atoms with van der Waals surface area (Å²) in [7, 11) is 1.62. The van der Waals surface area contributed by atoms with E-state index in [9.17, 15) is 19.2 Å². The van der Waals surface area contributed by atoms with E-state index in [0.29, 0.717) is 28.8 Å². The minimum atomic E-state index is -0.805. The Bertz CT molecular complexity index is 1250. The highest BCUT2D eigenvalue weighted by Gasteiger charge is 2.23. The Hall–Kier alpha value is -3.44. The van der Waals surface area contributed by atoms with Crippen LogP contribution in [0, 0.1) is 23.1 Å². The number of rotatable bonds is 5. The number of aromatic nitrogens is 1. The van der Waals surface area contributed by atoms with E-state index in [0.717, 1.165) is 37.8 Å². The highest BCUT2D eigenvalue weighted by Crippen LogP contribution is 2.26. The zero-order chi connectivity index (χ0) is 23.4. The molecule has 0 spiro atoms. The lowest BCUT2D eigenvalue weighted by atomic mass is 9.97. The lowest BCUT2D eigenvalue weighted by molar-refractivity contribution is -0.125. The van der Waals surface area contributed by atoms with Gasteiger partial charge in [-0.05, 0) is 54.3 Å². The van der Waals surface area contributed by atoms with Crippen LogP contribution < -0.4 is 16.4 Å². The molecule has 1 aliphatic heterocycles. The SMILES string of the molecule is Cn1c(=O)oc2ccc(-c3ccc(C[C@@H](C#N)NC(=O)[C@H]4CCCCCNC4)c(F)c3)cc21. The number of amides is 1. The van der Waals surface area contributed by atoms with Gasteiger partial charge < -0.3 is 15.1 Å². The summed E-state index contributed by atoms with van der Waals surface area (Å²) in [6, 6.07) is 11.3. The first kappa shape index (κ1) is 22.7. The van der Waals surface area contributed by atoms with E-state index in [1.165, 1.54) is 10.6 Å². The molecule has 2 N–H and O–H groups in total. The van der Waals surface area contributed by atoms with Crippen LogP contribution in [0.1, 0.15) is 31.2 Å². The molecule has 0 bridgehead atoms. The van der Waals surface area contributed by atoms with Gasteiger partial charge in [0, 0.05) is 20.0 Å². The third-order valence-corrected chi connectivity index (χ3v) is 6.24. The second kappa shape index (κ2) is 10.0. The highest BCUT2D eigenvalue weighted by atomic mass is 19.1. The van der Waals surface area contributed by atoms with Crippen LogP contribution in [0.25, 0.3) is 22.2 Å². The van der Waals surface area contributed by atoms with Crippen molar-refractivity contribution in [2.45, 2.75) is 38.1 Å². The van der Waals surface area contributed by atoms with Crippen LogP contribution in [0.3, 0.4) is 0 Å². The molecule has 4 rings (SSSR count). The first-order valence-corrected chi connectivity index (χ1v) is 11.3. The molecule has 1 amide bonds. The number of oxazole rings is 1. The molecule has 2 aromatic carbocycles. The molecule has 0 unspecified atom stereocenters. The quantitative estimate of drug-likeness (QED) is 0.622. The molecule has 1 fully saturated rings. The summed E-state index contributed by atoms with van der Waals surface area (Å²) in [5, 5.41) is 15.6. The van der Waals surface area contributed by atoms with Crippen molar-refractivity contribution in [1.29, 1.82) is 5.26 Å². The Morgan fingerprint density at radius 3 is 2.85 bits per heavy atom. The third-order valence-electron chi connectivity index (χ3n) is 6.24. The molecule has 0 aliphatic carbocycles. The molecule has 1 aromatic heterocycles. The van der Waals surface area contributed by atoms with Crippen molar-refractivity contribution < 1.29 is 13.6 Å². The largest absolute Gasteiger partial charge is 0.419 e. The van der Waals surface area contributed by atoms with Gasteiger partial charge in [0.15, 0.2) is 5.58 Å². The lowest BCUT2D eigenvalue weighted by Crippen LogP contribution is -2.43. The van der Waals surface area contributed by atoms with Crippen molar-refractivity contribution in [3.05, 3.63) is 58.3 Å². The molecule has 1 aliphatic rings. The number of halogens is 1. The predicted octanol–water partition coefficient (Wildman–Crippen LogP) is 3.27. The normalized spacial score (nSPS) is 17.7. The first-order chi connectivity index (χ1) is 16.0. The average molecular weight is 451 g/mol. The van der Waals surface area contributed by atoms with Gasteiger partial charge in [-0.1, -0.05) is 31.0 Å². The zero-order valence-corrected chi connectivity index (χ0v) is 18.6. The summed E-state index contributed by atoms with van der Waals surface area (Å²) in [4.78, 5) is 24.4. The number of carbonyl (C=O) groups excluding carboxylic acids is 1. The fourth-order valence-corrected chi connectivity index (χ4v) is 4.26. The van der Waals surface area contributed by atoms with Crippen molar-refractivity contribution in [2.24, 2.45) is 13.0 Å². The summed E-state index contributed by atoms with van der Waals surface area (Å²) >= 11 is 0. The maximum atomic E-state index is 14.9. The third kappa shape index (κ3) is 5.15. The van der Waals surface area contributed by atoms with Crippen molar-refractivity contribution in [1.82, 2.24) is 15.2 Å². The Kier molecular flexibility index (Phi) is 6.90. The van der Waals surface area contributed by atoms with Crippen LogP contribution in [0.15, 0.2) is 45.6 Å². The van der Waals surface area contributed by atoms with Gasteiger partial charge in [-0.2, -0.15) is 5.26 Å². The summed E-state index contributed by atoms with van der Waals surface area (Å²) in [5.74, 6) is -1.24. The van der Waals surface area contributed by atoms with Gasteiger partial charge in [0.05, 0.1) is 17.5 Å². The lowest BCUT2D eigenvalue weighted by Gasteiger charge is -2.21. The Morgan fingerprint density at radius 2 is 2.06 bits per heavy atom. The monoisotopic (exact) mass is 450 g/mol. The van der Waals surface area contributed by atoms with Gasteiger partial charge in [-0.3, -0.25) is 9.36 Å². The van der Waals surface area contributed by atoms with E-state index in [4.69, 9.17) is 4.42 Å². The molecular formula is C25H27FN4O3. The highest BCUT2D eigenvalue weighted by molar-refractivity contribution is 5.81. The van der Waals surface area contributed by atoms with Gasteiger partial charge in [0.25, 0.3) is 0 Å². The van der Waals surface area contributed by atoms with Crippen LogP contribution in [0.4, 0.5) is 4.39 Å². The molecule has 3 aromatic rings. The summed E-state index contributed by atoms with van der Waals surface area (Å²) in [5.41, 5.74) is 2.84. The van der Waals surface area contributed by atoms with Gasteiger partial charge in [-0.25, -0.2) is 9.18 Å². The van der Waals surface area contributed by atoms with Gasteiger partial charge >= 0.3 is 5.76 Å². The van der Waals surface area contributed by atoms with Gasteiger partial charge in [-0.15, -0.1) is 0 Å². The topological polar surface area (TPSA) is 100 Å². The molecule has 8 heteroatoms. The van der Waals surface area contributed by atoms with Crippen LogP contribution in [-0.2, 0) is 18.3 Å². The van der Waals surface area contributed by atoms with E-state index in [1.54, 1.807) is 37.4 Å². The maximum Gasteiger partial charge on any atom is 0.419 e. The molecule has 2 atom stereocenters. The summed E-state index contributed by atoms with van der Waals surface area (Å²) in [6.07, 6.45) is 4.06. The number of fused-ring (bicyclic) bond motifs is 1. The number of benzene rings is 2. The van der Waals surface area contributed by atoms with Crippen LogP contribution in [0.2, 0.25) is 0 Å². The fourth-order valence-electron chi connectivity index (χ4n) is 4.26. The molecule has 2 heterocycles. The van der Waals surface area contributed by atoms with Crippen LogP contribution >= 0.6 is 0 Å². The van der Waals surface area contributed by atoms with E-state index in [-0.39, 0.29) is 18.2 Å². The molecule has 7 nitrogen and oxygen atoms in total. The Morgan fingerprint density at radius 1 is 1.27 bits per heavy atom. The molecular weight excluding hydrogens is 423 g/mol. The first-order valence-electron chi connectivity index (χ1n) is 11.3. The van der Waals surface area contributed by atoms with E-state index >= 15 is 0 Å². The van der Waals surface area contributed by atoms with Gasteiger partial charge in [0.1, 0.15) is 11.9 Å². The number of aryl methyl sites for hydroxylation is 1. The predicted molar refractivity (Wildman–Crippen MR) is 123 cm³/mol. The average Bonchev–Trinajstić information content (AvgIpc) is 3.07. The van der Waals surface area contributed by atoms with Crippen molar-refractivity contribution in [3.63, 3.8) is 0 Å². The number of hydrogen-bond acceptors (Lipinski definition) is 5. The summed E-state index contributed by atoms with van der Waals surface area (Å²) < 4.78 is 21.5. The Balaban J connectivity index is 1.47. The molecule has 1 saturated heterocycles. The number of carbonyl (C=O) groups is 1. The number of hydrogen-bond donors (Lipinski definition) is 2. The minimum absolute atomic E-state index is 0.0871. The zero-order valence-electron chi connectivity index (χ0n) is 18.6. The van der Waals surface area contributed by atoms with Crippen molar-refractivity contribution in [3.8, 4) is 17.2 Å². The standard InChI is InChI=1S/C25H27FN4O3/c1-30-22-13-17(8-9-23(22)33-25(30)32)16-6-7-18(21(26)12-16)11-20(14-27)29-24(31)19-5-3-2-4-10-28-15-19/h6-9,12-13,19-20,28H,2-5,10-11,15H2,1H3,(H,29,31)/t19-,20-/m0/s1. The molecule has 0 saturated carbocycles. The Labute approximate surface area is 191 Å². The smallest absolute Gasteiger partial charge is 0.408 e. The van der Waals surface area contributed by atoms with E-state index < -0.39 is 17.6 Å². The summed E-state index contributed by atoms with van der Waals surface area (Å²) in [6.45, 7) is 1.49. The number of nitriles is 1. The molecule has 0 radical (unpaired) electrons. The van der Waals surface area contributed by atoms with Gasteiger partial charge in [0.2, 0.25) is 5.91 Å². The van der Waals surface area contributed by atoms with Crippen LogP contribution in [0.5, 0.6) is 0 Å².